The summed E-state index contributed by atoms with van der Waals surface area (Å²) in [5, 5.41) is 10.3. The molecule has 15 heavy (non-hydrogen) atoms. The molecule has 1 heterocycles. The van der Waals surface area contributed by atoms with E-state index in [2.05, 4.69) is 4.98 Å². The highest BCUT2D eigenvalue weighted by Crippen LogP contribution is 2.34. The van der Waals surface area contributed by atoms with Gasteiger partial charge in [-0.1, -0.05) is 25.3 Å². The summed E-state index contributed by atoms with van der Waals surface area (Å²) in [5.41, 5.74) is 1.99. The largest absolute Gasteiger partial charge is 0.388 e. The van der Waals surface area contributed by atoms with E-state index in [1.165, 1.54) is 19.3 Å². The van der Waals surface area contributed by atoms with Crippen molar-refractivity contribution in [2.75, 3.05) is 0 Å². The molecule has 2 rings (SSSR count). The van der Waals surface area contributed by atoms with Crippen molar-refractivity contribution in [2.45, 2.75) is 45.1 Å². The molecule has 1 fully saturated rings. The Balaban J connectivity index is 2.12. The van der Waals surface area contributed by atoms with Crippen LogP contribution in [-0.4, -0.2) is 10.1 Å². The molecule has 0 aliphatic heterocycles. The van der Waals surface area contributed by atoms with Crippen molar-refractivity contribution in [1.82, 2.24) is 4.98 Å². The summed E-state index contributed by atoms with van der Waals surface area (Å²) in [5.74, 6) is 0.446. The number of aliphatic hydroxyl groups excluding tert-OH is 1. The normalized spacial score (nSPS) is 20.1. The van der Waals surface area contributed by atoms with E-state index in [0.29, 0.717) is 5.92 Å². The van der Waals surface area contributed by atoms with Crippen LogP contribution in [0.4, 0.5) is 0 Å². The first kappa shape index (κ1) is 10.6. The number of nitrogens with zero attached hydrogens (tertiary/aromatic N) is 1. The summed E-state index contributed by atoms with van der Waals surface area (Å²) in [6.07, 6.45) is 7.66. The van der Waals surface area contributed by atoms with Gasteiger partial charge in [-0.25, -0.2) is 0 Å². The maximum atomic E-state index is 10.3. The van der Waals surface area contributed by atoms with Crippen LogP contribution in [0.3, 0.4) is 0 Å². The average Bonchev–Trinajstić information content (AvgIpc) is 2.30. The molecule has 2 nitrogen and oxygen atoms in total. The number of aromatic nitrogens is 1. The second-order valence-electron chi connectivity index (χ2n) is 4.52. The Morgan fingerprint density at radius 2 is 2.07 bits per heavy atom. The Morgan fingerprint density at radius 3 is 2.73 bits per heavy atom. The highest BCUT2D eigenvalue weighted by molar-refractivity contribution is 5.21. The van der Waals surface area contributed by atoms with Gasteiger partial charge in [0, 0.05) is 17.5 Å². The lowest BCUT2D eigenvalue weighted by atomic mass is 9.82. The van der Waals surface area contributed by atoms with E-state index in [9.17, 15) is 5.11 Å². The fourth-order valence-electron chi connectivity index (χ4n) is 2.51. The predicted molar refractivity (Wildman–Crippen MR) is 60.5 cm³/mol. The molecule has 0 aromatic carbocycles. The van der Waals surface area contributed by atoms with Crippen molar-refractivity contribution >= 4 is 0 Å². The molecule has 82 valence electrons. The highest BCUT2D eigenvalue weighted by atomic mass is 16.3. The van der Waals surface area contributed by atoms with Crippen LogP contribution in [-0.2, 0) is 0 Å². The molecule has 1 aromatic rings. The van der Waals surface area contributed by atoms with Crippen LogP contribution in [0.15, 0.2) is 18.3 Å². The van der Waals surface area contributed by atoms with Crippen molar-refractivity contribution in [2.24, 2.45) is 5.92 Å². The molecule has 1 unspecified atom stereocenters. The third kappa shape index (κ3) is 2.37. The van der Waals surface area contributed by atoms with E-state index in [4.69, 9.17) is 0 Å². The fourth-order valence-corrected chi connectivity index (χ4v) is 2.51. The third-order valence-electron chi connectivity index (χ3n) is 3.46. The zero-order chi connectivity index (χ0) is 10.7. The minimum atomic E-state index is -0.306. The van der Waals surface area contributed by atoms with Crippen molar-refractivity contribution in [3.8, 4) is 0 Å². The van der Waals surface area contributed by atoms with Crippen molar-refractivity contribution < 1.29 is 5.11 Å². The summed E-state index contributed by atoms with van der Waals surface area (Å²) in [6.45, 7) is 1.97. The molecule has 1 N–H and O–H groups in total. The lowest BCUT2D eigenvalue weighted by Gasteiger charge is -2.27. The maximum absolute atomic E-state index is 10.3. The molecule has 0 spiro atoms. The van der Waals surface area contributed by atoms with Crippen LogP contribution in [0.5, 0.6) is 0 Å². The molecule has 1 aliphatic carbocycles. The fraction of sp³-hybridized carbons (Fsp3) is 0.615. The van der Waals surface area contributed by atoms with Crippen molar-refractivity contribution in [3.05, 3.63) is 29.6 Å². The summed E-state index contributed by atoms with van der Waals surface area (Å²) in [4.78, 5) is 4.24. The van der Waals surface area contributed by atoms with Crippen molar-refractivity contribution in [1.29, 1.82) is 0 Å². The SMILES string of the molecule is Cc1ncccc1C(O)C1CCCCC1. The van der Waals surface area contributed by atoms with E-state index >= 15 is 0 Å². The molecule has 1 aromatic heterocycles. The van der Waals surface area contributed by atoms with E-state index in [-0.39, 0.29) is 6.10 Å². The first-order valence-corrected chi connectivity index (χ1v) is 5.88. The topological polar surface area (TPSA) is 33.1 Å². The number of hydrogen-bond acceptors (Lipinski definition) is 2. The summed E-state index contributed by atoms with van der Waals surface area (Å²) >= 11 is 0. The summed E-state index contributed by atoms with van der Waals surface area (Å²) in [7, 11) is 0. The van der Waals surface area contributed by atoms with Gasteiger partial charge in [0.25, 0.3) is 0 Å². The first-order valence-electron chi connectivity index (χ1n) is 5.88. The predicted octanol–water partition coefficient (Wildman–Crippen LogP) is 3.00. The van der Waals surface area contributed by atoms with Crippen LogP contribution in [0.25, 0.3) is 0 Å². The Hall–Kier alpha value is -0.890. The second-order valence-corrected chi connectivity index (χ2v) is 4.52. The Bertz CT molecular complexity index is 318. The number of hydrogen-bond donors (Lipinski definition) is 1. The van der Waals surface area contributed by atoms with Gasteiger partial charge in [0.05, 0.1) is 6.10 Å². The van der Waals surface area contributed by atoms with Gasteiger partial charge in [-0.3, -0.25) is 4.98 Å². The Kier molecular flexibility index (Phi) is 3.37. The zero-order valence-electron chi connectivity index (χ0n) is 9.32. The molecule has 1 aliphatic rings. The first-order chi connectivity index (χ1) is 7.29. The van der Waals surface area contributed by atoms with Gasteiger partial charge in [-0.05, 0) is 31.7 Å². The van der Waals surface area contributed by atoms with E-state index in [0.717, 1.165) is 24.1 Å². The average molecular weight is 205 g/mol. The van der Waals surface area contributed by atoms with Gasteiger partial charge < -0.3 is 5.11 Å². The molecule has 0 radical (unpaired) electrons. The molecule has 0 bridgehead atoms. The van der Waals surface area contributed by atoms with Crippen LogP contribution in [0.2, 0.25) is 0 Å². The standard InChI is InChI=1S/C13H19NO/c1-10-12(8-5-9-14-10)13(15)11-6-3-2-4-7-11/h5,8-9,11,13,15H,2-4,6-7H2,1H3. The number of rotatable bonds is 2. The molecule has 0 saturated heterocycles. The molecule has 2 heteroatoms. The summed E-state index contributed by atoms with van der Waals surface area (Å²) in [6, 6.07) is 3.91. The lowest BCUT2D eigenvalue weighted by Crippen LogP contribution is -2.17. The van der Waals surface area contributed by atoms with Gasteiger partial charge in [-0.15, -0.1) is 0 Å². The van der Waals surface area contributed by atoms with Crippen LogP contribution in [0, 0.1) is 12.8 Å². The Labute approximate surface area is 91.4 Å². The van der Waals surface area contributed by atoms with Crippen LogP contribution < -0.4 is 0 Å². The van der Waals surface area contributed by atoms with Gasteiger partial charge >= 0.3 is 0 Å². The minimum Gasteiger partial charge on any atom is -0.388 e. The van der Waals surface area contributed by atoms with Crippen molar-refractivity contribution in [3.63, 3.8) is 0 Å². The minimum absolute atomic E-state index is 0.306. The summed E-state index contributed by atoms with van der Waals surface area (Å²) < 4.78 is 0. The number of aryl methyl sites for hydroxylation is 1. The molecule has 1 atom stereocenters. The lowest BCUT2D eigenvalue weighted by molar-refractivity contribution is 0.0839. The molecular weight excluding hydrogens is 186 g/mol. The van der Waals surface area contributed by atoms with Gasteiger partial charge in [0.2, 0.25) is 0 Å². The van der Waals surface area contributed by atoms with E-state index in [1.54, 1.807) is 6.20 Å². The zero-order valence-corrected chi connectivity index (χ0v) is 9.32. The maximum Gasteiger partial charge on any atom is 0.0835 e. The van der Waals surface area contributed by atoms with Gasteiger partial charge in [0.1, 0.15) is 0 Å². The van der Waals surface area contributed by atoms with E-state index in [1.807, 2.05) is 19.1 Å². The van der Waals surface area contributed by atoms with Crippen LogP contribution >= 0.6 is 0 Å². The number of pyridine rings is 1. The molecule has 0 amide bonds. The quantitative estimate of drug-likeness (QED) is 0.805. The van der Waals surface area contributed by atoms with Gasteiger partial charge in [-0.2, -0.15) is 0 Å². The molecule has 1 saturated carbocycles. The third-order valence-corrected chi connectivity index (χ3v) is 3.46. The number of aliphatic hydroxyl groups is 1. The van der Waals surface area contributed by atoms with Gasteiger partial charge in [0.15, 0.2) is 0 Å². The second kappa shape index (κ2) is 4.75. The van der Waals surface area contributed by atoms with E-state index < -0.39 is 0 Å². The van der Waals surface area contributed by atoms with Crippen LogP contribution in [0.1, 0.15) is 49.5 Å². The Morgan fingerprint density at radius 1 is 1.33 bits per heavy atom. The monoisotopic (exact) mass is 205 g/mol. The smallest absolute Gasteiger partial charge is 0.0835 e. The highest BCUT2D eigenvalue weighted by Gasteiger charge is 2.24. The molecular formula is C13H19NO.